The van der Waals surface area contributed by atoms with Crippen molar-refractivity contribution < 1.29 is 18.8 Å². The maximum absolute atomic E-state index is 12.2. The van der Waals surface area contributed by atoms with Gasteiger partial charge in [-0.1, -0.05) is 35.5 Å². The summed E-state index contributed by atoms with van der Waals surface area (Å²) in [6, 6.07) is 9.80. The van der Waals surface area contributed by atoms with Gasteiger partial charge in [-0.25, -0.2) is 0 Å². The van der Waals surface area contributed by atoms with Gasteiger partial charge in [0, 0.05) is 39.0 Å². The first kappa shape index (κ1) is 19.6. The molecule has 8 nitrogen and oxygen atoms in total. The summed E-state index contributed by atoms with van der Waals surface area (Å²) in [5, 5.41) is 4.15. The summed E-state index contributed by atoms with van der Waals surface area (Å²) in [7, 11) is 0. The molecular formula is C21H26N4O4. The van der Waals surface area contributed by atoms with Crippen molar-refractivity contribution in [3.63, 3.8) is 0 Å². The van der Waals surface area contributed by atoms with Crippen LogP contribution in [0, 0.1) is 0 Å². The van der Waals surface area contributed by atoms with Gasteiger partial charge in [-0.3, -0.25) is 9.59 Å². The lowest BCUT2D eigenvalue weighted by molar-refractivity contribution is -0.141. The van der Waals surface area contributed by atoms with Crippen LogP contribution in [0.4, 0.5) is 0 Å². The van der Waals surface area contributed by atoms with Crippen molar-refractivity contribution in [3.05, 3.63) is 47.6 Å². The maximum atomic E-state index is 12.2. The van der Waals surface area contributed by atoms with Gasteiger partial charge in [-0.2, -0.15) is 4.98 Å². The number of likely N-dealkylation sites (tertiary alicyclic amines) is 2. The summed E-state index contributed by atoms with van der Waals surface area (Å²) in [5.74, 6) is 1.74. The molecule has 0 saturated carbocycles. The molecule has 0 spiro atoms. The predicted octanol–water partition coefficient (Wildman–Crippen LogP) is 1.94. The van der Waals surface area contributed by atoms with Crippen LogP contribution in [0.1, 0.15) is 48.9 Å². The Morgan fingerprint density at radius 3 is 2.52 bits per heavy atom. The molecule has 154 valence electrons. The number of benzene rings is 1. The highest BCUT2D eigenvalue weighted by Gasteiger charge is 2.36. The molecule has 0 bridgehead atoms. The standard InChI is InChI=1S/C21H26N4O4/c1-15(26)24-9-7-17(8-10-24)20-22-21(29-23-20)18-11-25(12-18)19(27)14-28-13-16-5-3-2-4-6-16/h2-6,17-18H,7-14H2,1H3. The Morgan fingerprint density at radius 2 is 1.83 bits per heavy atom. The lowest BCUT2D eigenvalue weighted by Gasteiger charge is -2.37. The molecule has 0 radical (unpaired) electrons. The first-order chi connectivity index (χ1) is 14.1. The van der Waals surface area contributed by atoms with E-state index < -0.39 is 0 Å². The van der Waals surface area contributed by atoms with Crippen LogP contribution in [0.2, 0.25) is 0 Å². The Bertz CT molecular complexity index is 839. The van der Waals surface area contributed by atoms with E-state index in [9.17, 15) is 9.59 Å². The molecule has 2 aromatic rings. The Balaban J connectivity index is 1.20. The van der Waals surface area contributed by atoms with Gasteiger partial charge >= 0.3 is 0 Å². The normalized spacial score (nSPS) is 18.0. The second-order valence-electron chi connectivity index (χ2n) is 7.75. The van der Waals surface area contributed by atoms with Gasteiger partial charge in [0.1, 0.15) is 6.61 Å². The average Bonchev–Trinajstić information content (AvgIpc) is 3.17. The van der Waals surface area contributed by atoms with Crippen LogP contribution in [0.25, 0.3) is 0 Å². The largest absolute Gasteiger partial charge is 0.367 e. The fraction of sp³-hybridized carbons (Fsp3) is 0.524. The lowest BCUT2D eigenvalue weighted by atomic mass is 9.96. The number of hydrogen-bond acceptors (Lipinski definition) is 6. The van der Waals surface area contributed by atoms with E-state index >= 15 is 0 Å². The van der Waals surface area contributed by atoms with Crippen LogP contribution in [0.5, 0.6) is 0 Å². The summed E-state index contributed by atoms with van der Waals surface area (Å²) < 4.78 is 11.0. The minimum absolute atomic E-state index is 0.0199. The monoisotopic (exact) mass is 398 g/mol. The second-order valence-corrected chi connectivity index (χ2v) is 7.75. The number of piperidine rings is 1. The molecule has 2 aliphatic rings. The Labute approximate surface area is 169 Å². The Morgan fingerprint density at radius 1 is 1.10 bits per heavy atom. The summed E-state index contributed by atoms with van der Waals surface area (Å²) in [6.45, 7) is 4.74. The van der Waals surface area contributed by atoms with Gasteiger partial charge in [-0.15, -0.1) is 0 Å². The lowest BCUT2D eigenvalue weighted by Crippen LogP contribution is -2.49. The first-order valence-electron chi connectivity index (χ1n) is 10.1. The first-order valence-corrected chi connectivity index (χ1v) is 10.1. The van der Waals surface area contributed by atoms with Gasteiger partial charge in [0.05, 0.1) is 12.5 Å². The fourth-order valence-corrected chi connectivity index (χ4v) is 3.79. The molecular weight excluding hydrogens is 372 g/mol. The van der Waals surface area contributed by atoms with Crippen LogP contribution >= 0.6 is 0 Å². The highest BCUT2D eigenvalue weighted by Crippen LogP contribution is 2.30. The minimum Gasteiger partial charge on any atom is -0.367 e. The molecule has 0 aliphatic carbocycles. The molecule has 0 N–H and O–H groups in total. The Hall–Kier alpha value is -2.74. The number of ether oxygens (including phenoxy) is 1. The van der Waals surface area contributed by atoms with Crippen LogP contribution in [-0.2, 0) is 20.9 Å². The van der Waals surface area contributed by atoms with Crippen molar-refractivity contribution >= 4 is 11.8 Å². The van der Waals surface area contributed by atoms with Crippen molar-refractivity contribution in [2.24, 2.45) is 0 Å². The van der Waals surface area contributed by atoms with E-state index in [0.29, 0.717) is 25.6 Å². The average molecular weight is 398 g/mol. The van der Waals surface area contributed by atoms with Crippen molar-refractivity contribution in [2.75, 3.05) is 32.8 Å². The molecule has 1 aromatic heterocycles. The zero-order valence-corrected chi connectivity index (χ0v) is 16.6. The quantitative estimate of drug-likeness (QED) is 0.739. The van der Waals surface area contributed by atoms with Gasteiger partial charge < -0.3 is 19.1 Å². The third-order valence-electron chi connectivity index (χ3n) is 5.68. The summed E-state index contributed by atoms with van der Waals surface area (Å²) >= 11 is 0. The van der Waals surface area contributed by atoms with Crippen LogP contribution in [-0.4, -0.2) is 64.5 Å². The molecule has 2 fully saturated rings. The molecule has 1 aromatic carbocycles. The topological polar surface area (TPSA) is 88.8 Å². The molecule has 2 aliphatic heterocycles. The molecule has 0 atom stereocenters. The summed E-state index contributed by atoms with van der Waals surface area (Å²) in [4.78, 5) is 31.9. The Kier molecular flexibility index (Phi) is 5.89. The van der Waals surface area contributed by atoms with Gasteiger partial charge in [-0.05, 0) is 18.4 Å². The maximum Gasteiger partial charge on any atom is 0.248 e. The van der Waals surface area contributed by atoms with E-state index in [1.54, 1.807) is 11.8 Å². The molecule has 8 heteroatoms. The van der Waals surface area contributed by atoms with E-state index in [1.165, 1.54) is 0 Å². The van der Waals surface area contributed by atoms with E-state index in [0.717, 1.165) is 37.3 Å². The SMILES string of the molecule is CC(=O)N1CCC(c2noc(C3CN(C(=O)COCc4ccccc4)C3)n2)CC1. The number of carbonyl (C=O) groups is 2. The highest BCUT2D eigenvalue weighted by molar-refractivity contribution is 5.78. The van der Waals surface area contributed by atoms with Crippen LogP contribution in [0.3, 0.4) is 0 Å². The second kappa shape index (κ2) is 8.73. The van der Waals surface area contributed by atoms with Crippen LogP contribution in [0.15, 0.2) is 34.9 Å². The molecule has 0 unspecified atom stereocenters. The number of amides is 2. The van der Waals surface area contributed by atoms with E-state index in [-0.39, 0.29) is 30.3 Å². The smallest absolute Gasteiger partial charge is 0.248 e. The van der Waals surface area contributed by atoms with E-state index in [4.69, 9.17) is 9.26 Å². The number of nitrogens with zero attached hydrogens (tertiary/aromatic N) is 4. The summed E-state index contributed by atoms with van der Waals surface area (Å²) in [6.07, 6.45) is 1.71. The summed E-state index contributed by atoms with van der Waals surface area (Å²) in [5.41, 5.74) is 1.05. The molecule has 2 amide bonds. The van der Waals surface area contributed by atoms with Crippen molar-refractivity contribution in [3.8, 4) is 0 Å². The zero-order valence-electron chi connectivity index (χ0n) is 16.6. The minimum atomic E-state index is -0.0199. The van der Waals surface area contributed by atoms with Crippen molar-refractivity contribution in [2.45, 2.75) is 38.2 Å². The predicted molar refractivity (Wildman–Crippen MR) is 104 cm³/mol. The highest BCUT2D eigenvalue weighted by atomic mass is 16.5. The third kappa shape index (κ3) is 4.64. The molecule has 29 heavy (non-hydrogen) atoms. The van der Waals surface area contributed by atoms with Crippen molar-refractivity contribution in [1.29, 1.82) is 0 Å². The van der Waals surface area contributed by atoms with E-state index in [1.807, 2.05) is 35.2 Å². The number of hydrogen-bond donors (Lipinski definition) is 0. The van der Waals surface area contributed by atoms with E-state index in [2.05, 4.69) is 10.1 Å². The molecule has 3 heterocycles. The molecule has 2 saturated heterocycles. The van der Waals surface area contributed by atoms with Gasteiger partial charge in [0.15, 0.2) is 5.82 Å². The van der Waals surface area contributed by atoms with Gasteiger partial charge in [0.2, 0.25) is 17.7 Å². The number of rotatable bonds is 6. The fourth-order valence-electron chi connectivity index (χ4n) is 3.79. The number of aromatic nitrogens is 2. The third-order valence-corrected chi connectivity index (χ3v) is 5.68. The zero-order chi connectivity index (χ0) is 20.2. The van der Waals surface area contributed by atoms with Crippen LogP contribution < -0.4 is 0 Å². The van der Waals surface area contributed by atoms with Crippen molar-refractivity contribution in [1.82, 2.24) is 19.9 Å². The molecule has 4 rings (SSSR count). The number of carbonyl (C=O) groups excluding carboxylic acids is 2. The van der Waals surface area contributed by atoms with Gasteiger partial charge in [0.25, 0.3) is 0 Å².